The number of hydrogen-bond donors (Lipinski definition) is 2. The van der Waals surface area contributed by atoms with Crippen LogP contribution < -0.4 is 5.73 Å². The quantitative estimate of drug-likeness (QED) is 0.698. The van der Waals surface area contributed by atoms with Crippen molar-refractivity contribution in [2.45, 2.75) is 13.3 Å². The second-order valence-electron chi connectivity index (χ2n) is 3.67. The van der Waals surface area contributed by atoms with Crippen LogP contribution in [-0.2, 0) is 6.42 Å². The lowest BCUT2D eigenvalue weighted by Crippen LogP contribution is -1.99. The van der Waals surface area contributed by atoms with Gasteiger partial charge in [0.1, 0.15) is 17.3 Å². The summed E-state index contributed by atoms with van der Waals surface area (Å²) in [7, 11) is 0. The zero-order chi connectivity index (χ0) is 11.8. The first kappa shape index (κ1) is 9.83. The summed E-state index contributed by atoms with van der Waals surface area (Å²) in [5.74, 6) is 1.83. The fourth-order valence-corrected chi connectivity index (χ4v) is 1.81. The minimum absolute atomic E-state index is 0.458. The van der Waals surface area contributed by atoms with Crippen LogP contribution in [-0.4, -0.2) is 19.9 Å². The van der Waals surface area contributed by atoms with E-state index >= 15 is 0 Å². The van der Waals surface area contributed by atoms with Crippen LogP contribution in [0.3, 0.4) is 0 Å². The van der Waals surface area contributed by atoms with Crippen LogP contribution in [0.2, 0.25) is 0 Å². The van der Waals surface area contributed by atoms with E-state index in [0.29, 0.717) is 11.6 Å². The summed E-state index contributed by atoms with van der Waals surface area (Å²) in [5, 5.41) is 0.777. The van der Waals surface area contributed by atoms with Crippen LogP contribution in [0.1, 0.15) is 12.7 Å². The average Bonchev–Trinajstić information content (AvgIpc) is 2.96. The Hall–Kier alpha value is -2.37. The molecular weight excluding hydrogens is 218 g/mol. The Balaban J connectivity index is 2.29. The summed E-state index contributed by atoms with van der Waals surface area (Å²) in [5.41, 5.74) is 7.50. The zero-order valence-electron chi connectivity index (χ0n) is 9.27. The molecule has 3 aromatic rings. The second kappa shape index (κ2) is 3.58. The van der Waals surface area contributed by atoms with Crippen molar-refractivity contribution in [3.05, 3.63) is 24.6 Å². The van der Waals surface area contributed by atoms with Gasteiger partial charge in [0, 0.05) is 18.2 Å². The van der Waals surface area contributed by atoms with E-state index in [-0.39, 0.29) is 0 Å². The van der Waals surface area contributed by atoms with Gasteiger partial charge in [0.15, 0.2) is 12.2 Å². The molecule has 6 heteroatoms. The summed E-state index contributed by atoms with van der Waals surface area (Å²) in [6.07, 6.45) is 5.56. The van der Waals surface area contributed by atoms with Crippen molar-refractivity contribution in [2.24, 2.45) is 0 Å². The van der Waals surface area contributed by atoms with Gasteiger partial charge in [0.25, 0.3) is 0 Å². The van der Waals surface area contributed by atoms with E-state index in [1.165, 1.54) is 6.39 Å². The van der Waals surface area contributed by atoms with Gasteiger partial charge < -0.3 is 15.1 Å². The van der Waals surface area contributed by atoms with Crippen molar-refractivity contribution in [3.63, 3.8) is 0 Å². The van der Waals surface area contributed by atoms with Gasteiger partial charge in [-0.05, 0) is 0 Å². The van der Waals surface area contributed by atoms with Gasteiger partial charge >= 0.3 is 0 Å². The normalized spacial score (nSPS) is 11.1. The number of fused-ring (bicyclic) bond motifs is 1. The molecule has 3 N–H and O–H groups in total. The van der Waals surface area contributed by atoms with E-state index in [1.807, 2.05) is 6.92 Å². The summed E-state index contributed by atoms with van der Waals surface area (Å²) in [6, 6.07) is 0. The first-order valence-corrected chi connectivity index (χ1v) is 5.32. The highest BCUT2D eigenvalue weighted by Crippen LogP contribution is 2.30. The van der Waals surface area contributed by atoms with Crippen LogP contribution in [0.4, 0.5) is 5.82 Å². The smallest absolute Gasteiger partial charge is 0.181 e. The third kappa shape index (κ3) is 1.45. The van der Waals surface area contributed by atoms with Crippen molar-refractivity contribution in [3.8, 4) is 11.3 Å². The molecule has 0 aliphatic rings. The number of hydrogen-bond acceptors (Lipinski definition) is 5. The van der Waals surface area contributed by atoms with E-state index < -0.39 is 0 Å². The molecule has 0 spiro atoms. The molecule has 0 fully saturated rings. The number of oxazole rings is 1. The maximum absolute atomic E-state index is 5.95. The Bertz CT molecular complexity index is 656. The SMILES string of the molecule is CCc1nc(N)c2c(-c3cnco3)c[nH]c2n1. The summed E-state index contributed by atoms with van der Waals surface area (Å²) in [4.78, 5) is 15.6. The number of nitrogens with two attached hydrogens (primary N) is 1. The maximum atomic E-state index is 5.95. The summed E-state index contributed by atoms with van der Waals surface area (Å²) < 4.78 is 5.26. The third-order valence-corrected chi connectivity index (χ3v) is 2.62. The molecule has 0 radical (unpaired) electrons. The van der Waals surface area contributed by atoms with E-state index in [2.05, 4.69) is 19.9 Å². The van der Waals surface area contributed by atoms with E-state index in [1.54, 1.807) is 12.4 Å². The molecule has 0 aliphatic carbocycles. The molecule has 6 nitrogen and oxygen atoms in total. The molecule has 0 bridgehead atoms. The average molecular weight is 229 g/mol. The standard InChI is InChI=1S/C11H11N5O/c1-2-8-15-10(12)9-6(3-14-11(9)16-8)7-4-13-5-17-7/h3-5H,2H2,1H3,(H3,12,14,15,16). The molecule has 3 heterocycles. The van der Waals surface area contributed by atoms with Crippen molar-refractivity contribution in [1.29, 1.82) is 0 Å². The maximum Gasteiger partial charge on any atom is 0.181 e. The topological polar surface area (TPSA) is 93.6 Å². The van der Waals surface area contributed by atoms with E-state index in [0.717, 1.165) is 28.8 Å². The lowest BCUT2D eigenvalue weighted by molar-refractivity contribution is 0.572. The van der Waals surface area contributed by atoms with Crippen molar-refractivity contribution < 1.29 is 4.42 Å². The first-order chi connectivity index (χ1) is 8.29. The number of H-pyrrole nitrogens is 1. The number of nitrogens with zero attached hydrogens (tertiary/aromatic N) is 3. The predicted octanol–water partition coefficient (Wildman–Crippen LogP) is 1.76. The molecule has 0 aromatic carbocycles. The van der Waals surface area contributed by atoms with Gasteiger partial charge in [-0.25, -0.2) is 15.0 Å². The number of aromatic nitrogens is 4. The van der Waals surface area contributed by atoms with Crippen LogP contribution in [0.15, 0.2) is 23.2 Å². The molecule has 86 valence electrons. The van der Waals surface area contributed by atoms with Gasteiger partial charge in [0.05, 0.1) is 11.6 Å². The highest BCUT2D eigenvalue weighted by Gasteiger charge is 2.14. The molecule has 3 aromatic heterocycles. The van der Waals surface area contributed by atoms with Gasteiger partial charge in [-0.3, -0.25) is 0 Å². The highest BCUT2D eigenvalue weighted by molar-refractivity contribution is 5.99. The molecule has 3 rings (SSSR count). The van der Waals surface area contributed by atoms with Gasteiger partial charge in [0.2, 0.25) is 0 Å². The number of nitrogens with one attached hydrogen (secondary N) is 1. The molecule has 17 heavy (non-hydrogen) atoms. The number of anilines is 1. The van der Waals surface area contributed by atoms with Crippen molar-refractivity contribution in [1.82, 2.24) is 19.9 Å². The molecule has 0 atom stereocenters. The first-order valence-electron chi connectivity index (χ1n) is 5.32. The lowest BCUT2D eigenvalue weighted by atomic mass is 10.2. The number of rotatable bonds is 2. The van der Waals surface area contributed by atoms with Crippen LogP contribution in [0.25, 0.3) is 22.4 Å². The van der Waals surface area contributed by atoms with Gasteiger partial charge in [-0.2, -0.15) is 0 Å². The minimum Gasteiger partial charge on any atom is -0.443 e. The molecule has 0 unspecified atom stereocenters. The third-order valence-electron chi connectivity index (χ3n) is 2.62. The van der Waals surface area contributed by atoms with Crippen LogP contribution >= 0.6 is 0 Å². The molecule has 0 saturated carbocycles. The summed E-state index contributed by atoms with van der Waals surface area (Å²) >= 11 is 0. The predicted molar refractivity (Wildman–Crippen MR) is 63.2 cm³/mol. The fraction of sp³-hybridized carbons (Fsp3) is 0.182. The highest BCUT2D eigenvalue weighted by atomic mass is 16.3. The Labute approximate surface area is 96.9 Å². The second-order valence-corrected chi connectivity index (χ2v) is 3.67. The number of nitrogen functional groups attached to an aromatic ring is 1. The largest absolute Gasteiger partial charge is 0.443 e. The lowest BCUT2D eigenvalue weighted by Gasteiger charge is -2.00. The zero-order valence-corrected chi connectivity index (χ0v) is 9.27. The molecule has 0 saturated heterocycles. The molecule has 0 aliphatic heterocycles. The summed E-state index contributed by atoms with van der Waals surface area (Å²) in [6.45, 7) is 1.99. The van der Waals surface area contributed by atoms with Crippen molar-refractivity contribution >= 4 is 16.9 Å². The van der Waals surface area contributed by atoms with Crippen molar-refractivity contribution in [2.75, 3.05) is 5.73 Å². The number of aryl methyl sites for hydroxylation is 1. The van der Waals surface area contributed by atoms with E-state index in [9.17, 15) is 0 Å². The monoisotopic (exact) mass is 229 g/mol. The number of aromatic amines is 1. The van der Waals surface area contributed by atoms with Crippen LogP contribution in [0, 0.1) is 0 Å². The van der Waals surface area contributed by atoms with Gasteiger partial charge in [-0.15, -0.1) is 0 Å². The Morgan fingerprint density at radius 2 is 2.29 bits per heavy atom. The van der Waals surface area contributed by atoms with Crippen LogP contribution in [0.5, 0.6) is 0 Å². The Morgan fingerprint density at radius 1 is 1.41 bits per heavy atom. The fourth-order valence-electron chi connectivity index (χ4n) is 1.81. The van der Waals surface area contributed by atoms with Gasteiger partial charge in [-0.1, -0.05) is 6.92 Å². The molecular formula is C11H11N5O. The van der Waals surface area contributed by atoms with E-state index in [4.69, 9.17) is 10.2 Å². The molecule has 0 amide bonds. The Kier molecular flexibility index (Phi) is 2.07. The Morgan fingerprint density at radius 3 is 3.00 bits per heavy atom. The minimum atomic E-state index is 0.458.